The van der Waals surface area contributed by atoms with E-state index >= 15 is 0 Å². The Bertz CT molecular complexity index is 310. The summed E-state index contributed by atoms with van der Waals surface area (Å²) in [6.07, 6.45) is 1.93. The van der Waals surface area contributed by atoms with Gasteiger partial charge in [0.15, 0.2) is 0 Å². The van der Waals surface area contributed by atoms with Crippen LogP contribution in [0.15, 0.2) is 0 Å². The van der Waals surface area contributed by atoms with E-state index in [9.17, 15) is 9.59 Å². The molecule has 5 nitrogen and oxygen atoms in total. The second-order valence-corrected chi connectivity index (χ2v) is 6.07. The zero-order valence-electron chi connectivity index (χ0n) is 13.0. The van der Waals surface area contributed by atoms with Crippen molar-refractivity contribution in [2.75, 3.05) is 6.54 Å². The van der Waals surface area contributed by atoms with E-state index in [2.05, 4.69) is 12.2 Å². The van der Waals surface area contributed by atoms with Crippen LogP contribution >= 0.6 is 0 Å². The lowest BCUT2D eigenvalue weighted by molar-refractivity contribution is -0.142. The van der Waals surface area contributed by atoms with Crippen molar-refractivity contribution in [3.63, 3.8) is 0 Å². The van der Waals surface area contributed by atoms with E-state index in [0.29, 0.717) is 0 Å². The molecule has 2 N–H and O–H groups in total. The van der Waals surface area contributed by atoms with Crippen molar-refractivity contribution in [1.82, 2.24) is 10.2 Å². The van der Waals surface area contributed by atoms with Crippen LogP contribution in [0.3, 0.4) is 0 Å². The largest absolute Gasteiger partial charge is 0.480 e. The third-order valence-corrected chi connectivity index (χ3v) is 3.12. The van der Waals surface area contributed by atoms with E-state index < -0.39 is 12.0 Å². The van der Waals surface area contributed by atoms with Gasteiger partial charge in [0.1, 0.15) is 0 Å². The van der Waals surface area contributed by atoms with Crippen molar-refractivity contribution in [3.8, 4) is 0 Å². The molecule has 0 fully saturated rings. The normalized spacial score (nSPS) is 15.1. The van der Waals surface area contributed by atoms with Crippen LogP contribution in [0.1, 0.15) is 54.4 Å². The minimum absolute atomic E-state index is 0.114. The zero-order valence-corrected chi connectivity index (χ0v) is 13.0. The minimum Gasteiger partial charge on any atom is -0.480 e. The van der Waals surface area contributed by atoms with Crippen molar-refractivity contribution in [3.05, 3.63) is 0 Å². The number of carboxylic acid groups (broad SMARTS) is 1. The minimum atomic E-state index is -0.920. The van der Waals surface area contributed by atoms with E-state index in [1.807, 2.05) is 27.7 Å². The Kier molecular flexibility index (Phi) is 7.05. The maximum atomic E-state index is 12.2. The molecule has 0 saturated heterocycles. The van der Waals surface area contributed by atoms with Crippen LogP contribution in [0.25, 0.3) is 0 Å². The summed E-state index contributed by atoms with van der Waals surface area (Å²) in [4.78, 5) is 24.8. The lowest BCUT2D eigenvalue weighted by Crippen LogP contribution is -2.55. The number of carbonyl (C=O) groups excluding carboxylic acids is 1. The van der Waals surface area contributed by atoms with Crippen LogP contribution in [-0.4, -0.2) is 46.1 Å². The molecule has 0 aromatic carbocycles. The van der Waals surface area contributed by atoms with Gasteiger partial charge in [0.2, 0.25) is 5.91 Å². The fraction of sp³-hybridized carbons (Fsp3) is 0.857. The SMILES string of the molecule is CCCC(C)NC(=O)C(C)N(CC(=O)O)C(C)(C)C. The van der Waals surface area contributed by atoms with Gasteiger partial charge in [-0.3, -0.25) is 14.5 Å². The van der Waals surface area contributed by atoms with Crippen LogP contribution in [0.5, 0.6) is 0 Å². The molecule has 5 heteroatoms. The van der Waals surface area contributed by atoms with E-state index in [1.54, 1.807) is 11.8 Å². The van der Waals surface area contributed by atoms with Gasteiger partial charge in [-0.05, 0) is 41.0 Å². The number of hydrogen-bond donors (Lipinski definition) is 2. The van der Waals surface area contributed by atoms with Crippen molar-refractivity contribution < 1.29 is 14.7 Å². The molecule has 0 aromatic rings. The van der Waals surface area contributed by atoms with Crippen LogP contribution in [-0.2, 0) is 9.59 Å². The molecule has 112 valence electrons. The first-order valence-electron chi connectivity index (χ1n) is 6.88. The molecule has 0 bridgehead atoms. The lowest BCUT2D eigenvalue weighted by atomic mass is 10.0. The fourth-order valence-corrected chi connectivity index (χ4v) is 2.11. The van der Waals surface area contributed by atoms with Crippen molar-refractivity contribution in [1.29, 1.82) is 0 Å². The quantitative estimate of drug-likeness (QED) is 0.742. The first kappa shape index (κ1) is 17.9. The van der Waals surface area contributed by atoms with Crippen molar-refractivity contribution in [2.24, 2.45) is 0 Å². The highest BCUT2D eigenvalue weighted by molar-refractivity contribution is 5.82. The smallest absolute Gasteiger partial charge is 0.317 e. The van der Waals surface area contributed by atoms with E-state index in [4.69, 9.17) is 5.11 Å². The number of rotatable bonds is 7. The summed E-state index contributed by atoms with van der Waals surface area (Å²) in [5, 5.41) is 11.9. The lowest BCUT2D eigenvalue weighted by Gasteiger charge is -2.38. The Labute approximate surface area is 116 Å². The van der Waals surface area contributed by atoms with E-state index in [0.717, 1.165) is 12.8 Å². The first-order chi connectivity index (χ1) is 8.59. The molecular weight excluding hydrogens is 244 g/mol. The number of carbonyl (C=O) groups is 2. The summed E-state index contributed by atoms with van der Waals surface area (Å²) < 4.78 is 0. The molecule has 0 saturated carbocycles. The Morgan fingerprint density at radius 1 is 1.26 bits per heavy atom. The molecule has 2 atom stereocenters. The zero-order chi connectivity index (χ0) is 15.2. The van der Waals surface area contributed by atoms with Gasteiger partial charge in [-0.15, -0.1) is 0 Å². The van der Waals surface area contributed by atoms with Gasteiger partial charge in [-0.1, -0.05) is 13.3 Å². The number of nitrogens with zero attached hydrogens (tertiary/aromatic N) is 1. The second-order valence-electron chi connectivity index (χ2n) is 6.07. The van der Waals surface area contributed by atoms with Crippen LogP contribution in [0, 0.1) is 0 Å². The standard InChI is InChI=1S/C14H28N2O3/c1-7-8-10(2)15-13(19)11(3)16(9-12(17)18)14(4,5)6/h10-11H,7-9H2,1-6H3,(H,15,19)(H,17,18). The van der Waals surface area contributed by atoms with Crippen LogP contribution in [0.4, 0.5) is 0 Å². The number of amides is 1. The number of hydrogen-bond acceptors (Lipinski definition) is 3. The Morgan fingerprint density at radius 3 is 2.16 bits per heavy atom. The van der Waals surface area contributed by atoms with Gasteiger partial charge in [-0.2, -0.15) is 0 Å². The average Bonchev–Trinajstić information content (AvgIpc) is 2.23. The highest BCUT2D eigenvalue weighted by Gasteiger charge is 2.32. The summed E-state index contributed by atoms with van der Waals surface area (Å²) in [7, 11) is 0. The summed E-state index contributed by atoms with van der Waals surface area (Å²) in [6.45, 7) is 11.4. The van der Waals surface area contributed by atoms with Gasteiger partial charge < -0.3 is 10.4 Å². The molecule has 0 aromatic heterocycles. The molecule has 0 aliphatic rings. The van der Waals surface area contributed by atoms with Gasteiger partial charge in [0, 0.05) is 11.6 Å². The number of nitrogens with one attached hydrogen (secondary N) is 1. The maximum absolute atomic E-state index is 12.2. The highest BCUT2D eigenvalue weighted by atomic mass is 16.4. The predicted octanol–water partition coefficient (Wildman–Crippen LogP) is 1.86. The first-order valence-corrected chi connectivity index (χ1v) is 6.88. The van der Waals surface area contributed by atoms with Crippen molar-refractivity contribution in [2.45, 2.75) is 72.0 Å². The topological polar surface area (TPSA) is 69.6 Å². The fourth-order valence-electron chi connectivity index (χ4n) is 2.11. The van der Waals surface area contributed by atoms with Gasteiger partial charge >= 0.3 is 5.97 Å². The number of aliphatic carboxylic acids is 1. The van der Waals surface area contributed by atoms with Crippen molar-refractivity contribution >= 4 is 11.9 Å². The number of carboxylic acids is 1. The molecule has 0 radical (unpaired) electrons. The Hall–Kier alpha value is -1.10. The van der Waals surface area contributed by atoms with Gasteiger partial charge in [-0.25, -0.2) is 0 Å². The summed E-state index contributed by atoms with van der Waals surface area (Å²) >= 11 is 0. The third-order valence-electron chi connectivity index (χ3n) is 3.12. The molecule has 0 heterocycles. The molecular formula is C14H28N2O3. The molecule has 0 aliphatic heterocycles. The molecule has 0 spiro atoms. The second kappa shape index (κ2) is 7.48. The summed E-state index contributed by atoms with van der Waals surface area (Å²) in [5.74, 6) is -1.03. The predicted molar refractivity (Wildman–Crippen MR) is 76.1 cm³/mol. The third kappa shape index (κ3) is 6.57. The van der Waals surface area contributed by atoms with E-state index in [-0.39, 0.29) is 24.0 Å². The Balaban J connectivity index is 4.75. The summed E-state index contributed by atoms with van der Waals surface area (Å²) in [6, 6.07) is -0.345. The van der Waals surface area contributed by atoms with Crippen LogP contribution in [0.2, 0.25) is 0 Å². The summed E-state index contributed by atoms with van der Waals surface area (Å²) in [5.41, 5.74) is -0.372. The van der Waals surface area contributed by atoms with Gasteiger partial charge in [0.05, 0.1) is 12.6 Å². The van der Waals surface area contributed by atoms with Gasteiger partial charge in [0.25, 0.3) is 0 Å². The highest BCUT2D eigenvalue weighted by Crippen LogP contribution is 2.17. The maximum Gasteiger partial charge on any atom is 0.317 e. The molecule has 1 amide bonds. The van der Waals surface area contributed by atoms with Crippen LogP contribution < -0.4 is 5.32 Å². The average molecular weight is 272 g/mol. The Morgan fingerprint density at radius 2 is 1.79 bits per heavy atom. The molecule has 0 rings (SSSR count). The molecule has 2 unspecified atom stereocenters. The van der Waals surface area contributed by atoms with E-state index in [1.165, 1.54) is 0 Å². The molecule has 0 aliphatic carbocycles. The monoisotopic (exact) mass is 272 g/mol. The molecule has 19 heavy (non-hydrogen) atoms.